The van der Waals surface area contributed by atoms with Gasteiger partial charge in [0.2, 0.25) is 21.8 Å². The fraction of sp³-hybridized carbons (Fsp3) is 0.385. The summed E-state index contributed by atoms with van der Waals surface area (Å²) in [6, 6.07) is 10.1. The molecule has 2 atom stereocenters. The summed E-state index contributed by atoms with van der Waals surface area (Å²) in [4.78, 5) is 16.7. The molecule has 0 aliphatic heterocycles. The van der Waals surface area contributed by atoms with E-state index in [0.29, 0.717) is 6.54 Å². The maximum atomic E-state index is 13.8. The fourth-order valence-electron chi connectivity index (χ4n) is 3.80. The molecule has 0 saturated carbocycles. The van der Waals surface area contributed by atoms with E-state index in [4.69, 9.17) is 4.42 Å². The van der Waals surface area contributed by atoms with Gasteiger partial charge < -0.3 is 20.2 Å². The number of benzene rings is 2. The van der Waals surface area contributed by atoms with Gasteiger partial charge in [-0.3, -0.25) is 9.52 Å². The van der Waals surface area contributed by atoms with Gasteiger partial charge in [0.15, 0.2) is 5.82 Å². The molecule has 0 bridgehead atoms. The highest BCUT2D eigenvalue weighted by Crippen LogP contribution is 2.14. The molecule has 0 radical (unpaired) electrons. The lowest BCUT2D eigenvalue weighted by atomic mass is 10.00. The third-order valence-corrected chi connectivity index (χ3v) is 7.05. The monoisotopic (exact) mass is 550 g/mol. The van der Waals surface area contributed by atoms with Crippen molar-refractivity contribution < 1.29 is 31.5 Å². The van der Waals surface area contributed by atoms with Gasteiger partial charge in [-0.05, 0) is 48.6 Å². The molecule has 38 heavy (non-hydrogen) atoms. The Kier molecular flexibility index (Phi) is 10.3. The number of aliphatic hydroxyl groups is 1. The van der Waals surface area contributed by atoms with E-state index >= 15 is 0 Å². The summed E-state index contributed by atoms with van der Waals surface area (Å²) in [5, 5.41) is 16.7. The number of halogens is 2. The zero-order valence-electron chi connectivity index (χ0n) is 21.2. The summed E-state index contributed by atoms with van der Waals surface area (Å²) in [6.45, 7) is 4.10. The number of sulfonamides is 1. The number of hydrogen-bond donors (Lipinski definition) is 4. The first kappa shape index (κ1) is 29.2. The summed E-state index contributed by atoms with van der Waals surface area (Å²) in [7, 11) is -3.57. The van der Waals surface area contributed by atoms with Gasteiger partial charge >= 0.3 is 0 Å². The smallest absolute Gasteiger partial charge is 0.233 e. The number of nitrogens with one attached hydrogen (secondary N) is 3. The van der Waals surface area contributed by atoms with Crippen LogP contribution >= 0.6 is 0 Å². The highest BCUT2D eigenvalue weighted by molar-refractivity contribution is 7.92. The van der Waals surface area contributed by atoms with Gasteiger partial charge in [-0.15, -0.1) is 0 Å². The third kappa shape index (κ3) is 9.19. The molecule has 9 nitrogen and oxygen atoms in total. The van der Waals surface area contributed by atoms with Crippen LogP contribution in [-0.4, -0.2) is 48.9 Å². The highest BCUT2D eigenvalue weighted by atomic mass is 32.2. The van der Waals surface area contributed by atoms with Gasteiger partial charge in [0, 0.05) is 19.2 Å². The number of aliphatic hydroxyl groups excluding tert-OH is 1. The number of rotatable bonds is 14. The maximum Gasteiger partial charge on any atom is 0.233 e. The van der Waals surface area contributed by atoms with E-state index in [9.17, 15) is 27.1 Å². The lowest BCUT2D eigenvalue weighted by Crippen LogP contribution is -2.49. The summed E-state index contributed by atoms with van der Waals surface area (Å²) < 4.78 is 58.3. The molecule has 0 unspecified atom stereocenters. The lowest BCUT2D eigenvalue weighted by molar-refractivity contribution is -0.122. The molecule has 1 amide bonds. The van der Waals surface area contributed by atoms with Crippen LogP contribution in [0.3, 0.4) is 0 Å². The molecule has 0 spiro atoms. The zero-order valence-corrected chi connectivity index (χ0v) is 22.0. The van der Waals surface area contributed by atoms with E-state index in [1.54, 1.807) is 0 Å². The normalized spacial score (nSPS) is 13.2. The molecule has 0 aliphatic carbocycles. The Morgan fingerprint density at radius 1 is 1.08 bits per heavy atom. The standard InChI is InChI=1S/C26H32F2N4O5S/c1-3-17-6-5-7-18(8-17)14-29-15-23(33)22(11-19-9-20(27)12-21(28)10-19)30-25(34)13-26-31-24(16-37-26)32-38(35,36)4-2/h5-10,12,16,22-23,29,32-33H,3-4,11,13-15H2,1-2H3,(H,30,34)/t22-,23+/m0/s1. The molecular weight excluding hydrogens is 518 g/mol. The molecule has 4 N–H and O–H groups in total. The highest BCUT2D eigenvalue weighted by Gasteiger charge is 2.23. The van der Waals surface area contributed by atoms with Gasteiger partial charge in [-0.2, -0.15) is 4.98 Å². The Morgan fingerprint density at radius 3 is 2.47 bits per heavy atom. The molecule has 3 rings (SSSR count). The van der Waals surface area contributed by atoms with E-state index in [-0.39, 0.29) is 42.4 Å². The van der Waals surface area contributed by atoms with Crippen molar-refractivity contribution >= 4 is 21.7 Å². The Labute approximate surface area is 220 Å². The van der Waals surface area contributed by atoms with Crippen LogP contribution in [0.4, 0.5) is 14.6 Å². The molecule has 1 heterocycles. The maximum absolute atomic E-state index is 13.8. The van der Waals surface area contributed by atoms with E-state index in [1.165, 1.54) is 12.5 Å². The summed E-state index contributed by atoms with van der Waals surface area (Å²) in [5.41, 5.74) is 2.47. The lowest BCUT2D eigenvalue weighted by Gasteiger charge is -2.25. The molecular formula is C26H32F2N4O5S. The van der Waals surface area contributed by atoms with Crippen LogP contribution in [0.1, 0.15) is 36.4 Å². The van der Waals surface area contributed by atoms with E-state index in [2.05, 4.69) is 33.3 Å². The number of anilines is 1. The largest absolute Gasteiger partial charge is 0.446 e. The molecule has 1 aromatic heterocycles. The SMILES string of the molecule is CCc1cccc(CNC[C@@H](O)[C@H](Cc2cc(F)cc(F)c2)NC(=O)Cc2nc(NS(=O)(=O)CC)co2)c1. The topological polar surface area (TPSA) is 134 Å². The van der Waals surface area contributed by atoms with Crippen molar-refractivity contribution in [1.82, 2.24) is 15.6 Å². The number of hydrogen-bond acceptors (Lipinski definition) is 7. The van der Waals surface area contributed by atoms with Crippen LogP contribution in [0.15, 0.2) is 53.1 Å². The van der Waals surface area contributed by atoms with Gasteiger partial charge in [0.1, 0.15) is 24.3 Å². The summed E-state index contributed by atoms with van der Waals surface area (Å²) in [5.74, 6) is -2.37. The molecule has 0 aliphatic rings. The van der Waals surface area contributed by atoms with Crippen LogP contribution < -0.4 is 15.4 Å². The number of carbonyl (C=O) groups excluding carboxylic acids is 1. The van der Waals surface area contributed by atoms with E-state index in [0.717, 1.165) is 36.4 Å². The van der Waals surface area contributed by atoms with Crippen molar-refractivity contribution in [1.29, 1.82) is 0 Å². The van der Waals surface area contributed by atoms with Gasteiger partial charge in [0.05, 0.1) is 17.9 Å². The average Bonchev–Trinajstić information content (AvgIpc) is 3.28. The van der Waals surface area contributed by atoms with Crippen molar-refractivity contribution in [3.8, 4) is 0 Å². The first-order valence-electron chi connectivity index (χ1n) is 12.2. The van der Waals surface area contributed by atoms with Gasteiger partial charge in [0.25, 0.3) is 0 Å². The number of oxazole rings is 1. The van der Waals surface area contributed by atoms with Crippen LogP contribution in [0.5, 0.6) is 0 Å². The van der Waals surface area contributed by atoms with Crippen LogP contribution in [-0.2, 0) is 40.6 Å². The molecule has 12 heteroatoms. The first-order chi connectivity index (χ1) is 18.1. The van der Waals surface area contributed by atoms with E-state index < -0.39 is 39.7 Å². The minimum atomic E-state index is -3.57. The Morgan fingerprint density at radius 2 is 1.79 bits per heavy atom. The van der Waals surface area contributed by atoms with Crippen molar-refractivity contribution in [2.45, 2.75) is 51.8 Å². The molecule has 206 valence electrons. The Balaban J connectivity index is 1.66. The number of amides is 1. The quantitative estimate of drug-likeness (QED) is 0.243. The number of carbonyl (C=O) groups is 1. The second-order valence-corrected chi connectivity index (χ2v) is 10.8. The predicted octanol–water partition coefficient (Wildman–Crippen LogP) is 2.70. The predicted molar refractivity (Wildman–Crippen MR) is 139 cm³/mol. The molecule has 3 aromatic rings. The number of aromatic nitrogens is 1. The molecule has 0 saturated heterocycles. The summed E-state index contributed by atoms with van der Waals surface area (Å²) in [6.07, 6.45) is 0.490. The average molecular weight is 551 g/mol. The second-order valence-electron chi connectivity index (χ2n) is 8.84. The summed E-state index contributed by atoms with van der Waals surface area (Å²) >= 11 is 0. The fourth-order valence-corrected chi connectivity index (χ4v) is 4.35. The van der Waals surface area contributed by atoms with Crippen LogP contribution in [0.25, 0.3) is 0 Å². The van der Waals surface area contributed by atoms with Crippen LogP contribution in [0, 0.1) is 11.6 Å². The molecule has 0 fully saturated rings. The Hall–Kier alpha value is -3.35. The van der Waals surface area contributed by atoms with Gasteiger partial charge in [-0.1, -0.05) is 31.2 Å². The van der Waals surface area contributed by atoms with E-state index in [1.807, 2.05) is 18.2 Å². The second kappa shape index (κ2) is 13.4. The number of nitrogens with zero attached hydrogens (tertiary/aromatic N) is 1. The van der Waals surface area contributed by atoms with Crippen LogP contribution in [0.2, 0.25) is 0 Å². The minimum absolute atomic E-state index is 0.0400. The zero-order chi connectivity index (χ0) is 27.7. The van der Waals surface area contributed by atoms with Crippen molar-refractivity contribution in [2.24, 2.45) is 0 Å². The Bertz CT molecular complexity index is 1310. The number of aryl methyl sites for hydroxylation is 1. The van der Waals surface area contributed by atoms with Crippen molar-refractivity contribution in [3.05, 3.63) is 82.9 Å². The molecule has 2 aromatic carbocycles. The third-order valence-electron chi connectivity index (χ3n) is 5.77. The first-order valence-corrected chi connectivity index (χ1v) is 13.9. The van der Waals surface area contributed by atoms with Gasteiger partial charge in [-0.25, -0.2) is 17.2 Å². The minimum Gasteiger partial charge on any atom is -0.446 e. The van der Waals surface area contributed by atoms with Crippen molar-refractivity contribution in [3.63, 3.8) is 0 Å². The van der Waals surface area contributed by atoms with Crippen molar-refractivity contribution in [2.75, 3.05) is 17.0 Å².